The van der Waals surface area contributed by atoms with Crippen LogP contribution in [0.4, 0.5) is 4.79 Å². The molecule has 2 aromatic heterocycles. The van der Waals surface area contributed by atoms with Crippen LogP contribution in [0.25, 0.3) is 0 Å². The van der Waals surface area contributed by atoms with Crippen molar-refractivity contribution in [1.82, 2.24) is 36.3 Å². The van der Waals surface area contributed by atoms with Gasteiger partial charge in [0.1, 0.15) is 37.0 Å². The van der Waals surface area contributed by atoms with E-state index in [-0.39, 0.29) is 19.7 Å². The molecule has 0 saturated carbocycles. The van der Waals surface area contributed by atoms with E-state index < -0.39 is 116 Å². The molecular formula is C39H45N7O15. The maximum atomic E-state index is 13.6. The molecule has 4 rings (SSSR count). The molecule has 6 amide bonds. The molecule has 0 aliphatic carbocycles. The number of nitrogens with one attached hydrogen (secondary N) is 4. The van der Waals surface area contributed by atoms with E-state index in [1.807, 2.05) is 0 Å². The molecule has 7 N–H and O–H groups in total. The van der Waals surface area contributed by atoms with Gasteiger partial charge in [-0.3, -0.25) is 48.8 Å². The summed E-state index contributed by atoms with van der Waals surface area (Å²) in [5, 5.41) is 35.4. The van der Waals surface area contributed by atoms with Crippen LogP contribution in [-0.4, -0.2) is 121 Å². The number of rotatable bonds is 22. The van der Waals surface area contributed by atoms with Gasteiger partial charge in [-0.05, 0) is 47.7 Å². The number of hydrazine groups is 1. The van der Waals surface area contributed by atoms with Gasteiger partial charge in [-0.1, -0.05) is 44.2 Å². The van der Waals surface area contributed by atoms with E-state index in [1.54, 1.807) is 54.6 Å². The van der Waals surface area contributed by atoms with Crippen LogP contribution in [0.2, 0.25) is 0 Å². The van der Waals surface area contributed by atoms with Crippen molar-refractivity contribution >= 4 is 53.5 Å². The van der Waals surface area contributed by atoms with E-state index in [0.717, 1.165) is 0 Å². The molecule has 0 spiro atoms. The number of hydrogen-bond acceptors (Lipinski definition) is 13. The van der Waals surface area contributed by atoms with Gasteiger partial charge in [-0.25, -0.2) is 9.80 Å². The maximum Gasteiger partial charge on any atom is 0.408 e. The molecule has 0 radical (unpaired) electrons. The summed E-state index contributed by atoms with van der Waals surface area (Å²) in [5.41, 5.74) is 3.43. The maximum absolute atomic E-state index is 13.6. The van der Waals surface area contributed by atoms with Crippen LogP contribution in [0.1, 0.15) is 50.0 Å². The Balaban J connectivity index is 1.44. The first kappa shape index (κ1) is 46.3. The number of aromatic nitrogens is 1. The minimum absolute atomic E-state index is 0.00773. The third-order valence-electron chi connectivity index (χ3n) is 8.87. The van der Waals surface area contributed by atoms with Gasteiger partial charge in [0.15, 0.2) is 12.2 Å². The van der Waals surface area contributed by atoms with Crippen LogP contribution in [-0.2, 0) is 67.5 Å². The Kier molecular flexibility index (Phi) is 16.8. The molecule has 1 aromatic carbocycles. The van der Waals surface area contributed by atoms with Gasteiger partial charge < -0.3 is 50.1 Å². The van der Waals surface area contributed by atoms with E-state index in [0.29, 0.717) is 21.9 Å². The van der Waals surface area contributed by atoms with Crippen LogP contribution >= 0.6 is 0 Å². The van der Waals surface area contributed by atoms with Crippen LogP contribution in [0, 0.1) is 5.92 Å². The average molecular weight is 852 g/mol. The Morgan fingerprint density at radius 1 is 0.738 bits per heavy atom. The molecule has 3 heterocycles. The minimum atomic E-state index is -1.80. The van der Waals surface area contributed by atoms with Crippen molar-refractivity contribution in [2.45, 2.75) is 83.1 Å². The summed E-state index contributed by atoms with van der Waals surface area (Å²) in [6.07, 6.45) is -1.77. The lowest BCUT2D eigenvalue weighted by atomic mass is 10.0. The topological polar surface area (TPSA) is 317 Å². The summed E-state index contributed by atoms with van der Waals surface area (Å²) >= 11 is 0. The lowest BCUT2D eigenvalue weighted by Gasteiger charge is -2.28. The lowest BCUT2D eigenvalue weighted by Crippen LogP contribution is -2.60. The molecule has 1 aliphatic heterocycles. The van der Waals surface area contributed by atoms with E-state index >= 15 is 0 Å². The monoisotopic (exact) mass is 851 g/mol. The Morgan fingerprint density at radius 2 is 1.41 bits per heavy atom. The summed E-state index contributed by atoms with van der Waals surface area (Å²) in [5.74, 6) is -10.00. The molecule has 1 aliphatic rings. The SMILES string of the molecule is CC(C)C(NC(=O)C(CCC(=O)O)NC(=O)C(CC(=O)O)NC(=O)OCc1ccccc1)C(=O)NN(CC(=O)O)C(=O)C1OC1C(=O)N(Cc1ccncc1)Cc1ccco1. The highest BCUT2D eigenvalue weighted by Gasteiger charge is 2.54. The molecule has 1 saturated heterocycles. The molecule has 0 bridgehead atoms. The zero-order valence-electron chi connectivity index (χ0n) is 32.9. The summed E-state index contributed by atoms with van der Waals surface area (Å²) in [6.45, 7) is 1.69. The fraction of sp³-hybridized carbons (Fsp3) is 0.385. The molecule has 22 heteroatoms. The van der Waals surface area contributed by atoms with Crippen molar-refractivity contribution < 1.29 is 72.4 Å². The number of ether oxygens (including phenoxy) is 2. The third-order valence-corrected chi connectivity index (χ3v) is 8.87. The Hall–Kier alpha value is -7.36. The van der Waals surface area contributed by atoms with Crippen molar-refractivity contribution in [3.8, 4) is 0 Å². The highest BCUT2D eigenvalue weighted by atomic mass is 16.6. The summed E-state index contributed by atoms with van der Waals surface area (Å²) in [4.78, 5) is 120. The fourth-order valence-corrected chi connectivity index (χ4v) is 5.73. The predicted molar refractivity (Wildman–Crippen MR) is 205 cm³/mol. The number of aliphatic carboxylic acids is 3. The molecule has 326 valence electrons. The number of nitrogens with zero attached hydrogens (tertiary/aromatic N) is 3. The molecule has 22 nitrogen and oxygen atoms in total. The number of furan rings is 1. The van der Waals surface area contributed by atoms with Crippen molar-refractivity contribution in [1.29, 1.82) is 0 Å². The highest BCUT2D eigenvalue weighted by Crippen LogP contribution is 2.28. The van der Waals surface area contributed by atoms with E-state index in [2.05, 4.69) is 26.4 Å². The summed E-state index contributed by atoms with van der Waals surface area (Å²) in [6, 6.07) is 9.96. The van der Waals surface area contributed by atoms with Crippen molar-refractivity contribution in [2.75, 3.05) is 6.54 Å². The largest absolute Gasteiger partial charge is 0.481 e. The number of carbonyl (C=O) groups excluding carboxylic acids is 6. The summed E-state index contributed by atoms with van der Waals surface area (Å²) < 4.78 is 15.9. The van der Waals surface area contributed by atoms with Crippen LogP contribution in [0.15, 0.2) is 77.7 Å². The quantitative estimate of drug-likeness (QED) is 0.0524. The normalized spacial score (nSPS) is 15.5. The Morgan fingerprint density at radius 3 is 2.02 bits per heavy atom. The predicted octanol–water partition coefficient (Wildman–Crippen LogP) is 0.175. The molecule has 5 atom stereocenters. The number of benzene rings is 1. The van der Waals surface area contributed by atoms with Crippen LogP contribution in [0.3, 0.4) is 0 Å². The van der Waals surface area contributed by atoms with E-state index in [9.17, 15) is 58.5 Å². The number of pyridine rings is 1. The van der Waals surface area contributed by atoms with Crippen LogP contribution < -0.4 is 21.4 Å². The minimum Gasteiger partial charge on any atom is -0.481 e. The molecule has 1 fully saturated rings. The number of epoxide rings is 1. The zero-order valence-corrected chi connectivity index (χ0v) is 32.9. The van der Waals surface area contributed by atoms with Gasteiger partial charge in [-0.2, -0.15) is 0 Å². The zero-order chi connectivity index (χ0) is 44.6. The van der Waals surface area contributed by atoms with Gasteiger partial charge in [0.2, 0.25) is 11.8 Å². The fourth-order valence-electron chi connectivity index (χ4n) is 5.73. The Bertz CT molecular complexity index is 2030. The van der Waals surface area contributed by atoms with Crippen molar-refractivity contribution in [3.63, 3.8) is 0 Å². The highest BCUT2D eigenvalue weighted by molar-refractivity contribution is 5.98. The van der Waals surface area contributed by atoms with Gasteiger partial charge >= 0.3 is 24.0 Å². The van der Waals surface area contributed by atoms with E-state index in [1.165, 1.54) is 37.4 Å². The first-order valence-electron chi connectivity index (χ1n) is 18.7. The first-order valence-corrected chi connectivity index (χ1v) is 18.7. The second kappa shape index (κ2) is 22.1. The summed E-state index contributed by atoms with van der Waals surface area (Å²) in [7, 11) is 0. The van der Waals surface area contributed by atoms with Gasteiger partial charge in [0.25, 0.3) is 17.7 Å². The molecular weight excluding hydrogens is 806 g/mol. The standard InChI is InChI=1S/C39H45N7O15/c1-22(2)31(43-34(53)26(10-11-28(47)48)41-35(54)27(17-29(49)50)42-39(58)60-21-24-7-4-3-5-8-24)36(55)44-46(20-30(51)52)38(57)33-32(61-33)37(56)45(19-25-9-6-16-59-25)18-23-12-14-40-15-13-23/h3-9,12-16,22,26-27,31-33H,10-11,17-21H2,1-2H3,(H,41,54)(H,42,58)(H,43,53)(H,44,55)(H,47,48)(H,49,50)(H,51,52). The van der Waals surface area contributed by atoms with E-state index in [4.69, 9.17) is 13.9 Å². The smallest absolute Gasteiger partial charge is 0.408 e. The number of amides is 6. The third kappa shape index (κ3) is 14.8. The lowest BCUT2D eigenvalue weighted by molar-refractivity contribution is -0.151. The number of carbonyl (C=O) groups is 9. The molecule has 61 heavy (non-hydrogen) atoms. The van der Waals surface area contributed by atoms with Gasteiger partial charge in [0, 0.05) is 25.4 Å². The Labute approximate surface area is 347 Å². The number of carboxylic acid groups (broad SMARTS) is 3. The van der Waals surface area contributed by atoms with Crippen molar-refractivity contribution in [3.05, 3.63) is 90.1 Å². The molecule has 5 unspecified atom stereocenters. The first-order chi connectivity index (χ1) is 29.0. The van der Waals surface area contributed by atoms with Gasteiger partial charge in [0.05, 0.1) is 19.2 Å². The number of alkyl carbamates (subject to hydrolysis) is 1. The van der Waals surface area contributed by atoms with Crippen LogP contribution in [0.5, 0.6) is 0 Å². The van der Waals surface area contributed by atoms with Crippen molar-refractivity contribution in [2.24, 2.45) is 5.92 Å². The number of carboxylic acids is 3. The average Bonchev–Trinajstić information content (AvgIpc) is 3.85. The second-order valence-electron chi connectivity index (χ2n) is 14.0. The number of hydrogen-bond donors (Lipinski definition) is 7. The second-order valence-corrected chi connectivity index (χ2v) is 14.0. The molecule has 3 aromatic rings. The van der Waals surface area contributed by atoms with Gasteiger partial charge in [-0.15, -0.1) is 0 Å².